The van der Waals surface area contributed by atoms with Crippen LogP contribution in [-0.4, -0.2) is 11.7 Å². The van der Waals surface area contributed by atoms with Crippen LogP contribution in [0.15, 0.2) is 23.6 Å². The van der Waals surface area contributed by atoms with Crippen LogP contribution in [-0.2, 0) is 6.42 Å². The molecule has 2 nitrogen and oxygen atoms in total. The summed E-state index contributed by atoms with van der Waals surface area (Å²) < 4.78 is 1.15. The van der Waals surface area contributed by atoms with Crippen LogP contribution in [0.2, 0.25) is 0 Å². The largest absolute Gasteiger partial charge is 0.507 e. The number of thiophene rings is 1. The zero-order valence-corrected chi connectivity index (χ0v) is 8.68. The molecular formula is C11H13NOS. The Morgan fingerprint density at radius 3 is 3.00 bits per heavy atom. The molecule has 0 unspecified atom stereocenters. The summed E-state index contributed by atoms with van der Waals surface area (Å²) in [6.45, 7) is 0.699. The Morgan fingerprint density at radius 1 is 1.36 bits per heavy atom. The average molecular weight is 207 g/mol. The molecule has 0 amide bonds. The monoisotopic (exact) mass is 207 g/mol. The summed E-state index contributed by atoms with van der Waals surface area (Å²) in [5, 5.41) is 12.8. The first-order valence-electron chi connectivity index (χ1n) is 4.71. The number of hydrogen-bond donors (Lipinski definition) is 2. The summed E-state index contributed by atoms with van der Waals surface area (Å²) in [6.07, 6.45) is 1.92. The van der Waals surface area contributed by atoms with E-state index in [-0.39, 0.29) is 0 Å². The zero-order chi connectivity index (χ0) is 9.97. The maximum absolute atomic E-state index is 9.72. The van der Waals surface area contributed by atoms with Crippen LogP contribution < -0.4 is 5.73 Å². The van der Waals surface area contributed by atoms with Gasteiger partial charge in [0.1, 0.15) is 5.75 Å². The Bertz CT molecular complexity index is 436. The Morgan fingerprint density at radius 2 is 2.21 bits per heavy atom. The quantitative estimate of drug-likeness (QED) is 0.812. The topological polar surface area (TPSA) is 46.2 Å². The first-order chi connectivity index (χ1) is 6.83. The van der Waals surface area contributed by atoms with E-state index in [0.29, 0.717) is 12.3 Å². The second kappa shape index (κ2) is 3.98. The zero-order valence-electron chi connectivity index (χ0n) is 7.86. The Hall–Kier alpha value is -1.06. The molecular weight excluding hydrogens is 194 g/mol. The molecule has 0 bridgehead atoms. The number of phenolic OH excluding ortho intramolecular Hbond substituents is 1. The van der Waals surface area contributed by atoms with Crippen molar-refractivity contribution in [1.29, 1.82) is 0 Å². The number of aryl methyl sites for hydroxylation is 1. The predicted molar refractivity (Wildman–Crippen MR) is 60.9 cm³/mol. The standard InChI is InChI=1S/C11H13NOS/c12-6-2-3-8-7-14-10-5-1-4-9(13)11(8)10/h1,4-5,7,13H,2-3,6,12H2. The Kier molecular flexibility index (Phi) is 2.70. The molecule has 74 valence electrons. The summed E-state index contributed by atoms with van der Waals surface area (Å²) in [5.41, 5.74) is 6.68. The minimum Gasteiger partial charge on any atom is -0.507 e. The fourth-order valence-corrected chi connectivity index (χ4v) is 2.63. The van der Waals surface area contributed by atoms with E-state index in [1.807, 2.05) is 12.1 Å². The molecule has 0 aliphatic carbocycles. The van der Waals surface area contributed by atoms with Gasteiger partial charge in [0, 0.05) is 10.1 Å². The smallest absolute Gasteiger partial charge is 0.124 e. The normalized spacial score (nSPS) is 10.9. The fraction of sp³-hybridized carbons (Fsp3) is 0.273. The summed E-state index contributed by atoms with van der Waals surface area (Å²) in [6, 6.07) is 5.65. The summed E-state index contributed by atoms with van der Waals surface area (Å²) in [5.74, 6) is 0.385. The van der Waals surface area contributed by atoms with Gasteiger partial charge in [-0.3, -0.25) is 0 Å². The molecule has 0 spiro atoms. The number of benzene rings is 1. The van der Waals surface area contributed by atoms with Gasteiger partial charge < -0.3 is 10.8 Å². The van der Waals surface area contributed by atoms with E-state index in [4.69, 9.17) is 5.73 Å². The molecule has 14 heavy (non-hydrogen) atoms. The second-order valence-corrected chi connectivity index (χ2v) is 4.21. The molecule has 2 rings (SSSR count). The maximum Gasteiger partial charge on any atom is 0.124 e. The van der Waals surface area contributed by atoms with Crippen LogP contribution in [0.25, 0.3) is 10.1 Å². The number of phenols is 1. The minimum absolute atomic E-state index is 0.385. The molecule has 0 aliphatic rings. The molecule has 0 aliphatic heterocycles. The lowest BCUT2D eigenvalue weighted by Crippen LogP contribution is -1.99. The van der Waals surface area contributed by atoms with E-state index in [9.17, 15) is 5.11 Å². The van der Waals surface area contributed by atoms with Gasteiger partial charge in [-0.05, 0) is 42.5 Å². The van der Waals surface area contributed by atoms with Gasteiger partial charge >= 0.3 is 0 Å². The van der Waals surface area contributed by atoms with E-state index in [1.165, 1.54) is 5.56 Å². The van der Waals surface area contributed by atoms with Gasteiger partial charge in [-0.1, -0.05) is 6.07 Å². The van der Waals surface area contributed by atoms with Gasteiger partial charge in [-0.25, -0.2) is 0 Å². The van der Waals surface area contributed by atoms with Crippen molar-refractivity contribution in [3.05, 3.63) is 29.1 Å². The van der Waals surface area contributed by atoms with Crippen LogP contribution in [0, 0.1) is 0 Å². The van der Waals surface area contributed by atoms with Crippen LogP contribution in [0.1, 0.15) is 12.0 Å². The highest BCUT2D eigenvalue weighted by Gasteiger charge is 2.06. The molecule has 1 heterocycles. The molecule has 0 fully saturated rings. The van der Waals surface area contributed by atoms with Crippen molar-refractivity contribution in [2.75, 3.05) is 6.54 Å². The van der Waals surface area contributed by atoms with Crippen LogP contribution in [0.4, 0.5) is 0 Å². The third-order valence-corrected chi connectivity index (χ3v) is 3.30. The van der Waals surface area contributed by atoms with E-state index in [2.05, 4.69) is 5.38 Å². The molecule has 3 N–H and O–H groups in total. The number of aromatic hydroxyl groups is 1. The summed E-state index contributed by atoms with van der Waals surface area (Å²) in [7, 11) is 0. The van der Waals surface area contributed by atoms with Crippen molar-refractivity contribution < 1.29 is 5.11 Å². The SMILES string of the molecule is NCCCc1csc2cccc(O)c12. The Balaban J connectivity index is 2.45. The van der Waals surface area contributed by atoms with Gasteiger partial charge in [0.15, 0.2) is 0 Å². The van der Waals surface area contributed by atoms with Crippen LogP contribution >= 0.6 is 11.3 Å². The van der Waals surface area contributed by atoms with Gasteiger partial charge in [0.25, 0.3) is 0 Å². The van der Waals surface area contributed by atoms with Gasteiger partial charge in [-0.15, -0.1) is 11.3 Å². The number of nitrogens with two attached hydrogens (primary N) is 1. The van der Waals surface area contributed by atoms with Gasteiger partial charge in [0.2, 0.25) is 0 Å². The molecule has 3 heteroatoms. The molecule has 1 aromatic heterocycles. The van der Waals surface area contributed by atoms with E-state index >= 15 is 0 Å². The van der Waals surface area contributed by atoms with Gasteiger partial charge in [-0.2, -0.15) is 0 Å². The highest BCUT2D eigenvalue weighted by molar-refractivity contribution is 7.17. The average Bonchev–Trinajstić information content (AvgIpc) is 2.59. The van der Waals surface area contributed by atoms with Crippen LogP contribution in [0.5, 0.6) is 5.75 Å². The lowest BCUT2D eigenvalue weighted by molar-refractivity contribution is 0.481. The fourth-order valence-electron chi connectivity index (χ4n) is 1.61. The number of rotatable bonds is 3. The third kappa shape index (κ3) is 1.61. The highest BCUT2D eigenvalue weighted by Crippen LogP contribution is 2.33. The van der Waals surface area contributed by atoms with Crippen LogP contribution in [0.3, 0.4) is 0 Å². The van der Waals surface area contributed by atoms with Crippen molar-refractivity contribution in [3.8, 4) is 5.75 Å². The summed E-state index contributed by atoms with van der Waals surface area (Å²) in [4.78, 5) is 0. The number of fused-ring (bicyclic) bond motifs is 1. The molecule has 2 aromatic rings. The maximum atomic E-state index is 9.72. The predicted octanol–water partition coefficient (Wildman–Crippen LogP) is 2.50. The molecule has 0 saturated carbocycles. The van der Waals surface area contributed by atoms with Crippen molar-refractivity contribution >= 4 is 21.4 Å². The van der Waals surface area contributed by atoms with Crippen molar-refractivity contribution in [3.63, 3.8) is 0 Å². The third-order valence-electron chi connectivity index (χ3n) is 2.30. The first kappa shape index (κ1) is 9.49. The second-order valence-electron chi connectivity index (χ2n) is 3.30. The molecule has 0 radical (unpaired) electrons. The molecule has 0 saturated heterocycles. The van der Waals surface area contributed by atoms with E-state index in [1.54, 1.807) is 17.4 Å². The molecule has 1 aromatic carbocycles. The van der Waals surface area contributed by atoms with Gasteiger partial charge in [0.05, 0.1) is 0 Å². The van der Waals surface area contributed by atoms with Crippen molar-refractivity contribution in [2.45, 2.75) is 12.8 Å². The minimum atomic E-state index is 0.385. The summed E-state index contributed by atoms with van der Waals surface area (Å²) >= 11 is 1.68. The van der Waals surface area contributed by atoms with E-state index in [0.717, 1.165) is 22.9 Å². The Labute approximate surface area is 87.0 Å². The van der Waals surface area contributed by atoms with Crippen molar-refractivity contribution in [1.82, 2.24) is 0 Å². The van der Waals surface area contributed by atoms with E-state index < -0.39 is 0 Å². The molecule has 0 atom stereocenters. The lowest BCUT2D eigenvalue weighted by atomic mass is 10.1. The first-order valence-corrected chi connectivity index (χ1v) is 5.59. The highest BCUT2D eigenvalue weighted by atomic mass is 32.1. The number of hydrogen-bond acceptors (Lipinski definition) is 3. The van der Waals surface area contributed by atoms with Crippen molar-refractivity contribution in [2.24, 2.45) is 5.73 Å². The lowest BCUT2D eigenvalue weighted by Gasteiger charge is -1.99.